The zero-order chi connectivity index (χ0) is 11.3. The summed E-state index contributed by atoms with van der Waals surface area (Å²) < 4.78 is 18.6. The molecule has 0 heterocycles. The van der Waals surface area contributed by atoms with E-state index >= 15 is 0 Å². The van der Waals surface area contributed by atoms with E-state index in [4.69, 9.17) is 0 Å². The van der Waals surface area contributed by atoms with Gasteiger partial charge in [-0.1, -0.05) is 34.1 Å². The third-order valence-electron chi connectivity index (χ3n) is 1.80. The van der Waals surface area contributed by atoms with E-state index < -0.39 is 12.1 Å². The molecule has 1 atom stereocenters. The monoisotopic (exact) mass is 271 g/mol. The average molecular weight is 272 g/mol. The van der Waals surface area contributed by atoms with E-state index in [9.17, 15) is 9.18 Å². The van der Waals surface area contributed by atoms with Gasteiger partial charge in [0.2, 0.25) is 0 Å². The Hall–Kier alpha value is -1.16. The summed E-state index contributed by atoms with van der Waals surface area (Å²) in [5.74, 6) is -0.565. The summed E-state index contributed by atoms with van der Waals surface area (Å²) in [6.07, 6.45) is 0.912. The largest absolute Gasteiger partial charge is 0.466 e. The highest BCUT2D eigenvalue weighted by Gasteiger charge is 2.09. The summed E-state index contributed by atoms with van der Waals surface area (Å²) in [7, 11) is 1.25. The normalized spacial score (nSPS) is 12.7. The number of carbonyl (C=O) groups is 1. The third-order valence-corrected chi connectivity index (χ3v) is 2.53. The number of hydrogen-bond donors (Lipinski definition) is 0. The molecule has 0 radical (unpaired) electrons. The molecule has 2 nitrogen and oxygen atoms in total. The van der Waals surface area contributed by atoms with E-state index in [1.807, 2.05) is 0 Å². The van der Waals surface area contributed by atoms with Crippen molar-refractivity contribution in [2.24, 2.45) is 0 Å². The minimum absolute atomic E-state index is 0.484. The van der Waals surface area contributed by atoms with Crippen LogP contribution in [0.2, 0.25) is 0 Å². The van der Waals surface area contributed by atoms with Gasteiger partial charge in [0.1, 0.15) is 6.17 Å². The van der Waals surface area contributed by atoms with Gasteiger partial charge < -0.3 is 4.74 Å². The molecule has 0 aromatic heterocycles. The van der Waals surface area contributed by atoms with Crippen molar-refractivity contribution in [3.05, 3.63) is 46.5 Å². The SMILES string of the molecule is COC(=O)/C=C/C([18F])c1ccccc1Br. The fraction of sp³-hybridized carbons (Fsp3) is 0.182. The lowest BCUT2D eigenvalue weighted by Crippen LogP contribution is -1.96. The Labute approximate surface area is 95.9 Å². The second kappa shape index (κ2) is 5.66. The molecule has 0 aliphatic carbocycles. The molecule has 80 valence electrons. The molecule has 0 bridgehead atoms. The molecule has 0 saturated carbocycles. The molecule has 0 spiro atoms. The quantitative estimate of drug-likeness (QED) is 0.624. The minimum atomic E-state index is -1.32. The van der Waals surface area contributed by atoms with Crippen molar-refractivity contribution in [1.29, 1.82) is 0 Å². The predicted molar refractivity (Wildman–Crippen MR) is 59.1 cm³/mol. The van der Waals surface area contributed by atoms with Crippen LogP contribution in [0.5, 0.6) is 0 Å². The Kier molecular flexibility index (Phi) is 4.49. The van der Waals surface area contributed by atoms with Crippen molar-refractivity contribution in [3.8, 4) is 0 Å². The number of alkyl halides is 1. The highest BCUT2D eigenvalue weighted by molar-refractivity contribution is 9.10. The number of benzene rings is 1. The summed E-state index contributed by atoms with van der Waals surface area (Å²) in [6, 6.07) is 6.92. The van der Waals surface area contributed by atoms with Gasteiger partial charge in [-0.05, 0) is 12.1 Å². The van der Waals surface area contributed by atoms with Crippen molar-refractivity contribution < 1.29 is 13.9 Å². The minimum Gasteiger partial charge on any atom is -0.466 e. The van der Waals surface area contributed by atoms with Crippen LogP contribution in [-0.2, 0) is 9.53 Å². The Morgan fingerprint density at radius 1 is 1.53 bits per heavy atom. The summed E-state index contributed by atoms with van der Waals surface area (Å²) in [6.45, 7) is 0. The zero-order valence-corrected chi connectivity index (χ0v) is 9.70. The fourth-order valence-corrected chi connectivity index (χ4v) is 1.54. The van der Waals surface area contributed by atoms with Crippen molar-refractivity contribution in [1.82, 2.24) is 0 Å². The lowest BCUT2D eigenvalue weighted by molar-refractivity contribution is -0.134. The van der Waals surface area contributed by atoms with Gasteiger partial charge >= 0.3 is 5.97 Å². The highest BCUT2D eigenvalue weighted by Crippen LogP contribution is 2.26. The molecule has 1 unspecified atom stereocenters. The molecule has 1 aromatic rings. The molecule has 0 fully saturated rings. The van der Waals surface area contributed by atoms with Crippen LogP contribution in [0.1, 0.15) is 11.7 Å². The summed E-state index contributed by atoms with van der Waals surface area (Å²) in [4.78, 5) is 10.7. The van der Waals surface area contributed by atoms with Crippen molar-refractivity contribution in [3.63, 3.8) is 0 Å². The van der Waals surface area contributed by atoms with E-state index in [-0.39, 0.29) is 0 Å². The van der Waals surface area contributed by atoms with Gasteiger partial charge in [-0.15, -0.1) is 0 Å². The molecule has 1 rings (SSSR count). The first kappa shape index (κ1) is 11.9. The van der Waals surface area contributed by atoms with E-state index in [1.165, 1.54) is 7.11 Å². The number of esters is 1. The smallest absolute Gasteiger partial charge is 0.330 e. The Morgan fingerprint density at radius 2 is 2.20 bits per heavy atom. The van der Waals surface area contributed by atoms with Crippen molar-refractivity contribution in [2.75, 3.05) is 7.11 Å². The molecule has 0 aliphatic rings. The molecule has 4 heteroatoms. The van der Waals surface area contributed by atoms with Gasteiger partial charge in [-0.3, -0.25) is 0 Å². The molecular formula is C11H10BrFO2. The van der Waals surface area contributed by atoms with Crippen LogP contribution in [-0.4, -0.2) is 13.1 Å². The first-order chi connectivity index (χ1) is 7.15. The van der Waals surface area contributed by atoms with Gasteiger partial charge in [0.25, 0.3) is 0 Å². The molecule has 0 amide bonds. The maximum Gasteiger partial charge on any atom is 0.330 e. The second-order valence-electron chi connectivity index (χ2n) is 2.81. The van der Waals surface area contributed by atoms with E-state index in [1.54, 1.807) is 24.3 Å². The molecule has 0 N–H and O–H groups in total. The first-order valence-electron chi connectivity index (χ1n) is 4.30. The van der Waals surface area contributed by atoms with Gasteiger partial charge in [0, 0.05) is 16.1 Å². The fourth-order valence-electron chi connectivity index (χ4n) is 1.03. The van der Waals surface area contributed by atoms with E-state index in [0.717, 1.165) is 12.2 Å². The Morgan fingerprint density at radius 3 is 2.80 bits per heavy atom. The number of hydrogen-bond acceptors (Lipinski definition) is 2. The maximum atomic E-state index is 13.6. The molecule has 0 saturated heterocycles. The molecular weight excluding hydrogens is 262 g/mol. The summed E-state index contributed by atoms with van der Waals surface area (Å²) in [5.41, 5.74) is 0.484. The van der Waals surface area contributed by atoms with Gasteiger partial charge in [-0.2, -0.15) is 0 Å². The summed E-state index contributed by atoms with van der Waals surface area (Å²) in [5, 5.41) is 0. The number of allylic oxidation sites excluding steroid dienone is 1. The van der Waals surface area contributed by atoms with Crippen molar-refractivity contribution in [2.45, 2.75) is 6.17 Å². The first-order valence-corrected chi connectivity index (χ1v) is 5.09. The molecule has 1 aromatic carbocycles. The third kappa shape index (κ3) is 3.47. The maximum absolute atomic E-state index is 13.6. The lowest BCUT2D eigenvalue weighted by atomic mass is 10.1. The molecule has 15 heavy (non-hydrogen) atoms. The van der Waals surface area contributed by atoms with Crippen LogP contribution in [0.25, 0.3) is 0 Å². The van der Waals surface area contributed by atoms with Crippen LogP contribution in [0, 0.1) is 0 Å². The van der Waals surface area contributed by atoms with Crippen LogP contribution < -0.4 is 0 Å². The number of carbonyl (C=O) groups excluding carboxylic acids is 1. The van der Waals surface area contributed by atoms with E-state index in [0.29, 0.717) is 10.0 Å². The van der Waals surface area contributed by atoms with Crippen molar-refractivity contribution >= 4 is 21.9 Å². The van der Waals surface area contributed by atoms with Gasteiger partial charge in [0.05, 0.1) is 7.11 Å². The number of ether oxygens (including phenoxy) is 1. The number of rotatable bonds is 3. The van der Waals surface area contributed by atoms with Gasteiger partial charge in [-0.25, -0.2) is 9.18 Å². The summed E-state index contributed by atoms with van der Waals surface area (Å²) >= 11 is 3.23. The second-order valence-corrected chi connectivity index (χ2v) is 3.66. The van der Waals surface area contributed by atoms with E-state index in [2.05, 4.69) is 20.7 Å². The van der Waals surface area contributed by atoms with Gasteiger partial charge in [0.15, 0.2) is 0 Å². The van der Waals surface area contributed by atoms with Crippen LogP contribution >= 0.6 is 15.9 Å². The molecule has 0 aliphatic heterocycles. The Bertz CT molecular complexity index is 377. The highest BCUT2D eigenvalue weighted by atomic mass is 79.9. The average Bonchev–Trinajstić information content (AvgIpc) is 2.26. The Balaban J connectivity index is 2.77. The standard InChI is InChI=1S/C11H10BrFO2/c1-15-11(14)7-6-10(13)8-4-2-3-5-9(8)12/h2-7,10H,1H3/b7-6+/i13-1. The number of halogens is 2. The van der Waals surface area contributed by atoms with Crippen LogP contribution in [0.3, 0.4) is 0 Å². The lowest BCUT2D eigenvalue weighted by Gasteiger charge is -2.05. The number of methoxy groups -OCH3 is 1. The topological polar surface area (TPSA) is 26.3 Å². The van der Waals surface area contributed by atoms with Crippen LogP contribution in [0.4, 0.5) is 4.39 Å². The predicted octanol–water partition coefficient (Wildman–Crippen LogP) is 3.19. The zero-order valence-electron chi connectivity index (χ0n) is 8.11. The van der Waals surface area contributed by atoms with Crippen LogP contribution in [0.15, 0.2) is 40.9 Å².